The lowest BCUT2D eigenvalue weighted by Crippen LogP contribution is -2.22. The van der Waals surface area contributed by atoms with Crippen LogP contribution in [0.3, 0.4) is 0 Å². The molecule has 0 atom stereocenters. The van der Waals surface area contributed by atoms with Gasteiger partial charge in [-0.3, -0.25) is 5.32 Å². The fourth-order valence-corrected chi connectivity index (χ4v) is 2.28. The first-order valence-electron chi connectivity index (χ1n) is 7.19. The van der Waals surface area contributed by atoms with E-state index in [1.165, 1.54) is 0 Å². The molecule has 0 saturated heterocycles. The standard InChI is InChI=1S/C16H22N4O/c1-10(2)12-6-5-7-13(11(3)4)14(12)19-16(21)20-15-17-8-9-18-15/h5-11H,1-4H3,(H3,17,18,19,20,21). The second kappa shape index (κ2) is 6.43. The molecule has 0 spiro atoms. The summed E-state index contributed by atoms with van der Waals surface area (Å²) in [6, 6.07) is 5.86. The number of para-hydroxylation sites is 1. The minimum absolute atomic E-state index is 0.292. The lowest BCUT2D eigenvalue weighted by Gasteiger charge is -2.20. The van der Waals surface area contributed by atoms with Gasteiger partial charge in [-0.15, -0.1) is 0 Å². The molecule has 0 aliphatic heterocycles. The molecule has 5 nitrogen and oxygen atoms in total. The Bertz CT molecular complexity index is 576. The third-order valence-corrected chi connectivity index (χ3v) is 3.34. The van der Waals surface area contributed by atoms with Crippen LogP contribution >= 0.6 is 0 Å². The highest BCUT2D eigenvalue weighted by Crippen LogP contribution is 2.32. The molecule has 2 amide bonds. The Morgan fingerprint density at radius 2 is 1.71 bits per heavy atom. The number of nitrogens with one attached hydrogen (secondary N) is 3. The van der Waals surface area contributed by atoms with Crippen molar-refractivity contribution in [2.45, 2.75) is 39.5 Å². The van der Waals surface area contributed by atoms with Gasteiger partial charge in [-0.05, 0) is 23.0 Å². The van der Waals surface area contributed by atoms with Gasteiger partial charge in [0.1, 0.15) is 0 Å². The van der Waals surface area contributed by atoms with Gasteiger partial charge >= 0.3 is 6.03 Å². The zero-order chi connectivity index (χ0) is 15.4. The van der Waals surface area contributed by atoms with E-state index in [0.717, 1.165) is 16.8 Å². The van der Waals surface area contributed by atoms with Crippen molar-refractivity contribution in [3.05, 3.63) is 41.7 Å². The summed E-state index contributed by atoms with van der Waals surface area (Å²) in [6.07, 6.45) is 3.26. The molecule has 2 aromatic rings. The van der Waals surface area contributed by atoms with Crippen LogP contribution in [0, 0.1) is 0 Å². The van der Waals surface area contributed by atoms with Gasteiger partial charge in [-0.25, -0.2) is 9.78 Å². The Morgan fingerprint density at radius 3 is 2.19 bits per heavy atom. The molecule has 0 aliphatic carbocycles. The number of rotatable bonds is 4. The Hall–Kier alpha value is -2.30. The Balaban J connectivity index is 2.26. The van der Waals surface area contributed by atoms with Crippen molar-refractivity contribution in [2.75, 3.05) is 10.6 Å². The molecular weight excluding hydrogens is 264 g/mol. The third-order valence-electron chi connectivity index (χ3n) is 3.34. The normalized spacial score (nSPS) is 11.0. The molecule has 0 aliphatic rings. The maximum atomic E-state index is 12.1. The largest absolute Gasteiger partial charge is 0.331 e. The van der Waals surface area contributed by atoms with E-state index in [4.69, 9.17) is 0 Å². The number of aromatic amines is 1. The lowest BCUT2D eigenvalue weighted by atomic mass is 9.93. The van der Waals surface area contributed by atoms with Gasteiger partial charge < -0.3 is 10.3 Å². The fraction of sp³-hybridized carbons (Fsp3) is 0.375. The number of benzene rings is 1. The number of aromatic nitrogens is 2. The summed E-state index contributed by atoms with van der Waals surface area (Å²) in [5.74, 6) is 1.10. The van der Waals surface area contributed by atoms with Crippen molar-refractivity contribution in [1.82, 2.24) is 9.97 Å². The van der Waals surface area contributed by atoms with Crippen LogP contribution in [0.1, 0.15) is 50.7 Å². The molecule has 1 aromatic heterocycles. The van der Waals surface area contributed by atoms with Crippen molar-refractivity contribution < 1.29 is 4.79 Å². The maximum Gasteiger partial charge on any atom is 0.326 e. The highest BCUT2D eigenvalue weighted by atomic mass is 16.2. The number of amides is 2. The zero-order valence-corrected chi connectivity index (χ0v) is 12.9. The number of hydrogen-bond donors (Lipinski definition) is 3. The van der Waals surface area contributed by atoms with Gasteiger partial charge in [0.25, 0.3) is 0 Å². The summed E-state index contributed by atoms with van der Waals surface area (Å²) in [5.41, 5.74) is 3.16. The second-order valence-corrected chi connectivity index (χ2v) is 5.64. The number of imidazole rings is 1. The van der Waals surface area contributed by atoms with E-state index in [1.807, 2.05) is 6.07 Å². The van der Waals surface area contributed by atoms with Crippen LogP contribution < -0.4 is 10.6 Å². The minimum atomic E-state index is -0.292. The first kappa shape index (κ1) is 15.1. The molecule has 5 heteroatoms. The molecule has 0 fully saturated rings. The fourth-order valence-electron chi connectivity index (χ4n) is 2.28. The zero-order valence-electron chi connectivity index (χ0n) is 12.9. The van der Waals surface area contributed by atoms with Crippen LogP contribution in [0.5, 0.6) is 0 Å². The number of hydrogen-bond acceptors (Lipinski definition) is 2. The van der Waals surface area contributed by atoms with Gasteiger partial charge in [-0.2, -0.15) is 0 Å². The average molecular weight is 286 g/mol. The van der Waals surface area contributed by atoms with Crippen LogP contribution in [-0.2, 0) is 0 Å². The van der Waals surface area contributed by atoms with Gasteiger partial charge in [0.15, 0.2) is 0 Å². The van der Waals surface area contributed by atoms with Crippen LogP contribution in [0.25, 0.3) is 0 Å². The van der Waals surface area contributed by atoms with Crippen LogP contribution in [0.15, 0.2) is 30.6 Å². The topological polar surface area (TPSA) is 69.8 Å². The number of carbonyl (C=O) groups is 1. The van der Waals surface area contributed by atoms with Crippen molar-refractivity contribution in [3.63, 3.8) is 0 Å². The van der Waals surface area contributed by atoms with Crippen molar-refractivity contribution >= 4 is 17.7 Å². The van der Waals surface area contributed by atoms with Gasteiger partial charge in [0.2, 0.25) is 5.95 Å². The second-order valence-electron chi connectivity index (χ2n) is 5.64. The highest BCUT2D eigenvalue weighted by molar-refractivity contribution is 5.99. The molecule has 0 bridgehead atoms. The Morgan fingerprint density at radius 1 is 1.10 bits per heavy atom. The predicted molar refractivity (Wildman–Crippen MR) is 85.8 cm³/mol. The third kappa shape index (κ3) is 3.62. The van der Waals surface area contributed by atoms with Crippen LogP contribution in [0.4, 0.5) is 16.4 Å². The molecule has 2 rings (SSSR count). The monoisotopic (exact) mass is 286 g/mol. The quantitative estimate of drug-likeness (QED) is 0.784. The van der Waals surface area contributed by atoms with E-state index < -0.39 is 0 Å². The van der Waals surface area contributed by atoms with Crippen LogP contribution in [0.2, 0.25) is 0 Å². The van der Waals surface area contributed by atoms with E-state index >= 15 is 0 Å². The van der Waals surface area contributed by atoms with Crippen molar-refractivity contribution in [1.29, 1.82) is 0 Å². The first-order valence-corrected chi connectivity index (χ1v) is 7.19. The summed E-state index contributed by atoms with van der Waals surface area (Å²) < 4.78 is 0. The predicted octanol–water partition coefficient (Wildman–Crippen LogP) is 4.30. The van der Waals surface area contributed by atoms with E-state index in [1.54, 1.807) is 12.4 Å². The summed E-state index contributed by atoms with van der Waals surface area (Å²) >= 11 is 0. The first-order chi connectivity index (χ1) is 9.99. The molecule has 21 heavy (non-hydrogen) atoms. The van der Waals surface area contributed by atoms with Gasteiger partial charge in [0, 0.05) is 18.1 Å². The lowest BCUT2D eigenvalue weighted by molar-refractivity contribution is 0.262. The number of H-pyrrole nitrogens is 1. The minimum Gasteiger partial charge on any atom is -0.331 e. The summed E-state index contributed by atoms with van der Waals surface area (Å²) in [4.78, 5) is 19.0. The van der Waals surface area contributed by atoms with Gasteiger partial charge in [-0.1, -0.05) is 45.9 Å². The molecule has 1 heterocycles. The number of anilines is 2. The maximum absolute atomic E-state index is 12.1. The van der Waals surface area contributed by atoms with Crippen molar-refractivity contribution in [2.24, 2.45) is 0 Å². The molecular formula is C16H22N4O. The number of nitrogens with zero attached hydrogens (tertiary/aromatic N) is 1. The summed E-state index contributed by atoms with van der Waals surface area (Å²) in [7, 11) is 0. The highest BCUT2D eigenvalue weighted by Gasteiger charge is 2.16. The van der Waals surface area contributed by atoms with Crippen LogP contribution in [-0.4, -0.2) is 16.0 Å². The van der Waals surface area contributed by atoms with E-state index in [9.17, 15) is 4.79 Å². The molecule has 0 saturated carbocycles. The SMILES string of the molecule is CC(C)c1cccc(C(C)C)c1NC(=O)Nc1ncc[nH]1. The molecule has 0 radical (unpaired) electrons. The number of urea groups is 1. The smallest absolute Gasteiger partial charge is 0.326 e. The molecule has 0 unspecified atom stereocenters. The van der Waals surface area contributed by atoms with Gasteiger partial charge in [0.05, 0.1) is 0 Å². The summed E-state index contributed by atoms with van der Waals surface area (Å²) in [5, 5.41) is 5.66. The van der Waals surface area contributed by atoms with E-state index in [-0.39, 0.29) is 6.03 Å². The number of carbonyl (C=O) groups excluding carboxylic acids is 1. The van der Waals surface area contributed by atoms with E-state index in [2.05, 4.69) is 60.4 Å². The average Bonchev–Trinajstić information content (AvgIpc) is 2.91. The Kier molecular flexibility index (Phi) is 4.62. The Labute approximate surface area is 125 Å². The summed E-state index contributed by atoms with van der Waals surface area (Å²) in [6.45, 7) is 8.48. The molecule has 3 N–H and O–H groups in total. The van der Waals surface area contributed by atoms with Crippen molar-refractivity contribution in [3.8, 4) is 0 Å². The molecule has 112 valence electrons. The van der Waals surface area contributed by atoms with E-state index in [0.29, 0.717) is 17.8 Å². The molecule has 1 aromatic carbocycles.